The first-order valence-electron chi connectivity index (χ1n) is 7.08. The molecule has 1 saturated heterocycles. The Bertz CT molecular complexity index is 399. The summed E-state index contributed by atoms with van der Waals surface area (Å²) in [6.45, 7) is 6.73. The van der Waals surface area contributed by atoms with Gasteiger partial charge in [0.25, 0.3) is 0 Å². The highest BCUT2D eigenvalue weighted by Crippen LogP contribution is 2.18. The van der Waals surface area contributed by atoms with Crippen LogP contribution in [0.25, 0.3) is 0 Å². The van der Waals surface area contributed by atoms with E-state index in [9.17, 15) is 4.79 Å². The maximum atomic E-state index is 12.6. The van der Waals surface area contributed by atoms with Gasteiger partial charge in [-0.25, -0.2) is 0 Å². The minimum Gasteiger partial charge on any atom is -0.336 e. The van der Waals surface area contributed by atoms with Crippen LogP contribution in [0.2, 0.25) is 0 Å². The summed E-state index contributed by atoms with van der Waals surface area (Å²) in [4.78, 5) is 18.7. The Kier molecular flexibility index (Phi) is 4.91. The molecule has 0 aromatic carbocycles. The Balaban J connectivity index is 2.04. The molecular weight excluding hydrogens is 238 g/mol. The quantitative estimate of drug-likeness (QED) is 0.899. The number of nitrogens with zero attached hydrogens (tertiary/aromatic N) is 2. The second-order valence-corrected chi connectivity index (χ2v) is 5.45. The van der Waals surface area contributed by atoms with Crippen molar-refractivity contribution in [1.82, 2.24) is 15.2 Å². The number of piperidine rings is 1. The SMILES string of the molecule is CC(C)N(Cc1cccnc1)C(=O)C1CCNCC1. The number of hydrogen-bond donors (Lipinski definition) is 1. The third-order valence-corrected chi connectivity index (χ3v) is 3.67. The molecule has 0 aliphatic carbocycles. The molecule has 2 heterocycles. The fourth-order valence-electron chi connectivity index (χ4n) is 2.51. The minimum atomic E-state index is 0.181. The predicted molar refractivity (Wildman–Crippen MR) is 75.5 cm³/mol. The first-order valence-corrected chi connectivity index (χ1v) is 7.08. The Labute approximate surface area is 115 Å². The lowest BCUT2D eigenvalue weighted by Gasteiger charge is -2.32. The van der Waals surface area contributed by atoms with Crippen molar-refractivity contribution >= 4 is 5.91 Å². The Morgan fingerprint density at radius 1 is 1.47 bits per heavy atom. The van der Waals surface area contributed by atoms with Gasteiger partial charge in [-0.15, -0.1) is 0 Å². The molecule has 2 rings (SSSR count). The van der Waals surface area contributed by atoms with Gasteiger partial charge in [0.05, 0.1) is 0 Å². The van der Waals surface area contributed by atoms with Crippen molar-refractivity contribution in [3.05, 3.63) is 30.1 Å². The average Bonchev–Trinajstić information content (AvgIpc) is 2.46. The van der Waals surface area contributed by atoms with Gasteiger partial charge in [-0.3, -0.25) is 9.78 Å². The maximum absolute atomic E-state index is 12.6. The molecule has 1 amide bonds. The van der Waals surface area contributed by atoms with Crippen LogP contribution >= 0.6 is 0 Å². The van der Waals surface area contributed by atoms with Crippen LogP contribution in [0.1, 0.15) is 32.3 Å². The number of pyridine rings is 1. The second-order valence-electron chi connectivity index (χ2n) is 5.45. The van der Waals surface area contributed by atoms with Crippen molar-refractivity contribution < 1.29 is 4.79 Å². The number of nitrogens with one attached hydrogen (secondary N) is 1. The number of hydrogen-bond acceptors (Lipinski definition) is 3. The molecule has 0 radical (unpaired) electrons. The zero-order valence-electron chi connectivity index (χ0n) is 11.8. The minimum absolute atomic E-state index is 0.181. The summed E-state index contributed by atoms with van der Waals surface area (Å²) in [6, 6.07) is 4.17. The lowest BCUT2D eigenvalue weighted by Crippen LogP contribution is -2.43. The van der Waals surface area contributed by atoms with E-state index < -0.39 is 0 Å². The standard InChI is InChI=1S/C15H23N3O/c1-12(2)18(11-13-4-3-7-17-10-13)15(19)14-5-8-16-9-6-14/h3-4,7,10,12,14,16H,5-6,8-9,11H2,1-2H3. The van der Waals surface area contributed by atoms with Gasteiger partial charge < -0.3 is 10.2 Å². The summed E-state index contributed by atoms with van der Waals surface area (Å²) in [6.07, 6.45) is 5.51. The molecular formula is C15H23N3O. The monoisotopic (exact) mass is 261 g/mol. The molecule has 0 bridgehead atoms. The summed E-state index contributed by atoms with van der Waals surface area (Å²) in [5.74, 6) is 0.473. The molecule has 1 aromatic rings. The molecule has 1 fully saturated rings. The topological polar surface area (TPSA) is 45.2 Å². The van der Waals surface area contributed by atoms with Crippen LogP contribution in [-0.2, 0) is 11.3 Å². The van der Waals surface area contributed by atoms with Gasteiger partial charge in [0.1, 0.15) is 0 Å². The Hall–Kier alpha value is -1.42. The molecule has 1 aliphatic rings. The second kappa shape index (κ2) is 6.66. The van der Waals surface area contributed by atoms with Crippen LogP contribution in [-0.4, -0.2) is 34.9 Å². The van der Waals surface area contributed by atoms with Crippen molar-refractivity contribution in [2.45, 2.75) is 39.3 Å². The summed E-state index contributed by atoms with van der Waals surface area (Å²) < 4.78 is 0. The van der Waals surface area contributed by atoms with Gasteiger partial charge in [-0.05, 0) is 51.4 Å². The fraction of sp³-hybridized carbons (Fsp3) is 0.600. The highest BCUT2D eigenvalue weighted by atomic mass is 16.2. The van der Waals surface area contributed by atoms with Crippen molar-refractivity contribution in [2.24, 2.45) is 5.92 Å². The van der Waals surface area contributed by atoms with E-state index >= 15 is 0 Å². The van der Waals surface area contributed by atoms with E-state index in [-0.39, 0.29) is 12.0 Å². The van der Waals surface area contributed by atoms with E-state index in [2.05, 4.69) is 24.1 Å². The summed E-state index contributed by atoms with van der Waals surface area (Å²) in [5, 5.41) is 3.31. The molecule has 4 nitrogen and oxygen atoms in total. The van der Waals surface area contributed by atoms with E-state index in [1.807, 2.05) is 23.2 Å². The highest BCUT2D eigenvalue weighted by Gasteiger charge is 2.27. The van der Waals surface area contributed by atoms with Crippen LogP contribution in [0.3, 0.4) is 0 Å². The molecule has 0 atom stereocenters. The van der Waals surface area contributed by atoms with Gasteiger partial charge in [0.2, 0.25) is 5.91 Å². The van der Waals surface area contributed by atoms with Gasteiger partial charge in [0.15, 0.2) is 0 Å². The van der Waals surface area contributed by atoms with E-state index in [0.29, 0.717) is 12.5 Å². The predicted octanol–water partition coefficient (Wildman–Crippen LogP) is 1.82. The summed E-state index contributed by atoms with van der Waals surface area (Å²) in [7, 11) is 0. The first-order chi connectivity index (χ1) is 9.18. The lowest BCUT2D eigenvalue weighted by molar-refractivity contribution is -0.138. The summed E-state index contributed by atoms with van der Waals surface area (Å²) in [5.41, 5.74) is 1.10. The van der Waals surface area contributed by atoms with E-state index in [4.69, 9.17) is 0 Å². The van der Waals surface area contributed by atoms with E-state index in [1.165, 1.54) is 0 Å². The van der Waals surface area contributed by atoms with E-state index in [0.717, 1.165) is 31.5 Å². The molecule has 1 aromatic heterocycles. The Morgan fingerprint density at radius 3 is 2.79 bits per heavy atom. The third-order valence-electron chi connectivity index (χ3n) is 3.67. The number of aromatic nitrogens is 1. The normalized spacial score (nSPS) is 16.6. The summed E-state index contributed by atoms with van der Waals surface area (Å²) >= 11 is 0. The van der Waals surface area contributed by atoms with Crippen LogP contribution in [0.15, 0.2) is 24.5 Å². The van der Waals surface area contributed by atoms with Crippen LogP contribution in [0.4, 0.5) is 0 Å². The zero-order chi connectivity index (χ0) is 13.7. The third kappa shape index (κ3) is 3.77. The molecule has 1 aliphatic heterocycles. The molecule has 4 heteroatoms. The smallest absolute Gasteiger partial charge is 0.226 e. The van der Waals surface area contributed by atoms with Gasteiger partial charge in [-0.1, -0.05) is 6.07 Å². The van der Waals surface area contributed by atoms with Crippen molar-refractivity contribution in [3.63, 3.8) is 0 Å². The molecule has 0 saturated carbocycles. The van der Waals surface area contributed by atoms with Crippen LogP contribution in [0, 0.1) is 5.92 Å². The number of carbonyl (C=O) groups is 1. The number of amides is 1. The first kappa shape index (κ1) is 14.0. The average molecular weight is 261 g/mol. The Morgan fingerprint density at radius 2 is 2.21 bits per heavy atom. The van der Waals surface area contributed by atoms with E-state index in [1.54, 1.807) is 6.20 Å². The molecule has 0 unspecified atom stereocenters. The van der Waals surface area contributed by atoms with Crippen molar-refractivity contribution in [3.8, 4) is 0 Å². The van der Waals surface area contributed by atoms with Gasteiger partial charge in [0, 0.05) is 30.9 Å². The molecule has 1 N–H and O–H groups in total. The maximum Gasteiger partial charge on any atom is 0.226 e. The van der Waals surface area contributed by atoms with Crippen LogP contribution < -0.4 is 5.32 Å². The zero-order valence-corrected chi connectivity index (χ0v) is 11.8. The van der Waals surface area contributed by atoms with Crippen molar-refractivity contribution in [1.29, 1.82) is 0 Å². The molecule has 19 heavy (non-hydrogen) atoms. The fourth-order valence-corrected chi connectivity index (χ4v) is 2.51. The van der Waals surface area contributed by atoms with Crippen LogP contribution in [0.5, 0.6) is 0 Å². The van der Waals surface area contributed by atoms with Crippen molar-refractivity contribution in [2.75, 3.05) is 13.1 Å². The van der Waals surface area contributed by atoms with Gasteiger partial charge in [-0.2, -0.15) is 0 Å². The number of carbonyl (C=O) groups excluding carboxylic acids is 1. The molecule has 104 valence electrons. The molecule has 0 spiro atoms. The largest absolute Gasteiger partial charge is 0.336 e. The lowest BCUT2D eigenvalue weighted by atomic mass is 9.96. The number of rotatable bonds is 4. The highest BCUT2D eigenvalue weighted by molar-refractivity contribution is 5.79. The van der Waals surface area contributed by atoms with Gasteiger partial charge >= 0.3 is 0 Å².